The molecule has 0 saturated heterocycles. The quantitative estimate of drug-likeness (QED) is 0.751. The zero-order chi connectivity index (χ0) is 20.5. The molecule has 0 bridgehead atoms. The van der Waals surface area contributed by atoms with Crippen molar-refractivity contribution in [2.75, 3.05) is 18.5 Å². The van der Waals surface area contributed by atoms with Crippen LogP contribution >= 0.6 is 11.6 Å². The number of rotatable bonds is 4. The Kier molecular flexibility index (Phi) is 4.94. The lowest BCUT2D eigenvalue weighted by Crippen LogP contribution is -2.49. The van der Waals surface area contributed by atoms with Crippen LogP contribution in [0.3, 0.4) is 0 Å². The summed E-state index contributed by atoms with van der Waals surface area (Å²) in [6.45, 7) is -0.497. The number of ether oxygens (including phenoxy) is 1. The number of anilines is 1. The molecule has 9 heteroatoms. The molecule has 2 aliphatic heterocycles. The number of amides is 3. The van der Waals surface area contributed by atoms with Crippen molar-refractivity contribution in [3.63, 3.8) is 0 Å². The van der Waals surface area contributed by atoms with Gasteiger partial charge in [-0.05, 0) is 29.8 Å². The third-order valence-corrected chi connectivity index (χ3v) is 4.97. The Bertz CT molecular complexity index is 1060. The van der Waals surface area contributed by atoms with Gasteiger partial charge in [-0.25, -0.2) is 14.0 Å². The van der Waals surface area contributed by atoms with Crippen molar-refractivity contribution in [2.45, 2.75) is 6.04 Å². The van der Waals surface area contributed by atoms with Crippen LogP contribution in [0.2, 0.25) is 5.02 Å². The second kappa shape index (κ2) is 7.56. The summed E-state index contributed by atoms with van der Waals surface area (Å²) < 4.78 is 18.4. The van der Waals surface area contributed by atoms with Crippen LogP contribution in [0.15, 0.2) is 59.8 Å². The first-order valence-electron chi connectivity index (χ1n) is 8.72. The van der Waals surface area contributed by atoms with Crippen molar-refractivity contribution < 1.29 is 23.5 Å². The number of nitrogens with one attached hydrogen (secondary N) is 2. The van der Waals surface area contributed by atoms with E-state index in [0.29, 0.717) is 16.3 Å². The van der Waals surface area contributed by atoms with E-state index in [0.717, 1.165) is 11.0 Å². The van der Waals surface area contributed by atoms with Gasteiger partial charge in [0.05, 0.1) is 17.3 Å². The van der Waals surface area contributed by atoms with E-state index in [1.165, 1.54) is 18.2 Å². The fourth-order valence-electron chi connectivity index (χ4n) is 3.33. The highest BCUT2D eigenvalue weighted by Crippen LogP contribution is 2.37. The molecule has 0 saturated carbocycles. The number of urea groups is 1. The van der Waals surface area contributed by atoms with Crippen molar-refractivity contribution >= 4 is 35.2 Å². The SMILES string of the molecule is O=C(CN1C(=O)NC(c2ccccc2Cl)C2=C1COC2=O)Nc1cccc(F)c1. The van der Waals surface area contributed by atoms with E-state index in [9.17, 15) is 18.8 Å². The van der Waals surface area contributed by atoms with E-state index >= 15 is 0 Å². The number of nitrogens with zero attached hydrogens (tertiary/aromatic N) is 1. The molecule has 2 aromatic carbocycles. The Morgan fingerprint density at radius 3 is 2.79 bits per heavy atom. The van der Waals surface area contributed by atoms with Crippen LogP contribution in [0.25, 0.3) is 0 Å². The van der Waals surface area contributed by atoms with Crippen molar-refractivity contribution in [1.82, 2.24) is 10.2 Å². The molecule has 0 radical (unpaired) electrons. The van der Waals surface area contributed by atoms with E-state index in [4.69, 9.17) is 16.3 Å². The molecule has 0 aromatic heterocycles. The monoisotopic (exact) mass is 415 g/mol. The van der Waals surface area contributed by atoms with Gasteiger partial charge in [-0.15, -0.1) is 0 Å². The lowest BCUT2D eigenvalue weighted by Gasteiger charge is -2.32. The molecular formula is C20H15ClFN3O4. The predicted octanol–water partition coefficient (Wildman–Crippen LogP) is 3.00. The third kappa shape index (κ3) is 3.66. The van der Waals surface area contributed by atoms with E-state index in [-0.39, 0.29) is 24.4 Å². The minimum Gasteiger partial charge on any atom is -0.456 e. The summed E-state index contributed by atoms with van der Waals surface area (Å²) in [4.78, 5) is 38.6. The first-order valence-corrected chi connectivity index (χ1v) is 9.10. The summed E-state index contributed by atoms with van der Waals surface area (Å²) in [6.07, 6.45) is 0. The molecular weight excluding hydrogens is 401 g/mol. The highest BCUT2D eigenvalue weighted by Gasteiger charge is 2.43. The molecule has 148 valence electrons. The fraction of sp³-hybridized carbons (Fsp3) is 0.150. The Hall–Kier alpha value is -3.39. The molecule has 4 rings (SSSR count). The first kappa shape index (κ1) is 18.9. The summed E-state index contributed by atoms with van der Waals surface area (Å²) in [5, 5.41) is 5.62. The van der Waals surface area contributed by atoms with Gasteiger partial charge in [-0.2, -0.15) is 0 Å². The number of hydrogen-bond acceptors (Lipinski definition) is 4. The van der Waals surface area contributed by atoms with Gasteiger partial charge in [0, 0.05) is 10.7 Å². The largest absolute Gasteiger partial charge is 0.456 e. The predicted molar refractivity (Wildman–Crippen MR) is 102 cm³/mol. The van der Waals surface area contributed by atoms with Crippen molar-refractivity contribution in [2.24, 2.45) is 0 Å². The zero-order valence-electron chi connectivity index (χ0n) is 14.9. The molecule has 1 atom stereocenters. The number of hydrogen-bond donors (Lipinski definition) is 2. The van der Waals surface area contributed by atoms with Crippen molar-refractivity contribution in [1.29, 1.82) is 0 Å². The number of carbonyl (C=O) groups is 3. The zero-order valence-corrected chi connectivity index (χ0v) is 15.7. The van der Waals surface area contributed by atoms with Crippen LogP contribution in [0, 0.1) is 5.82 Å². The standard InChI is InChI=1S/C20H15ClFN3O4/c21-14-7-2-1-6-13(14)18-17-15(10-29-19(17)27)25(20(28)24-18)9-16(26)23-12-5-3-4-11(22)8-12/h1-8,18H,9-10H2,(H,23,26)(H,24,28). The maximum absolute atomic E-state index is 13.3. The lowest BCUT2D eigenvalue weighted by molar-refractivity contribution is -0.136. The minimum atomic E-state index is -0.774. The maximum atomic E-state index is 13.3. The molecule has 2 aromatic rings. The second-order valence-electron chi connectivity index (χ2n) is 6.49. The molecule has 0 fully saturated rings. The van der Waals surface area contributed by atoms with Gasteiger partial charge in [0.1, 0.15) is 19.0 Å². The average molecular weight is 416 g/mol. The topological polar surface area (TPSA) is 87.7 Å². The number of carbonyl (C=O) groups excluding carboxylic acids is 3. The van der Waals surface area contributed by atoms with Crippen molar-refractivity contribution in [3.8, 4) is 0 Å². The fourth-order valence-corrected chi connectivity index (χ4v) is 3.58. The Morgan fingerprint density at radius 2 is 2.03 bits per heavy atom. The Labute approximate surface area is 170 Å². The second-order valence-corrected chi connectivity index (χ2v) is 6.89. The molecule has 2 aliphatic rings. The van der Waals surface area contributed by atoms with Gasteiger partial charge in [-0.1, -0.05) is 35.9 Å². The smallest absolute Gasteiger partial charge is 0.338 e. The summed E-state index contributed by atoms with van der Waals surface area (Å²) in [7, 11) is 0. The van der Waals surface area contributed by atoms with Crippen LogP contribution in [-0.2, 0) is 14.3 Å². The molecule has 2 heterocycles. The van der Waals surface area contributed by atoms with Crippen LogP contribution in [0.1, 0.15) is 11.6 Å². The summed E-state index contributed by atoms with van der Waals surface area (Å²) in [5.41, 5.74) is 1.35. The van der Waals surface area contributed by atoms with Gasteiger partial charge in [0.15, 0.2) is 0 Å². The highest BCUT2D eigenvalue weighted by molar-refractivity contribution is 6.31. The van der Waals surface area contributed by atoms with Crippen molar-refractivity contribution in [3.05, 3.63) is 76.2 Å². The third-order valence-electron chi connectivity index (χ3n) is 4.62. The van der Waals surface area contributed by atoms with Crippen LogP contribution in [0.5, 0.6) is 0 Å². The van der Waals surface area contributed by atoms with Gasteiger partial charge in [-0.3, -0.25) is 9.69 Å². The van der Waals surface area contributed by atoms with Crippen LogP contribution in [-0.4, -0.2) is 36.0 Å². The van der Waals surface area contributed by atoms with E-state index in [2.05, 4.69) is 10.6 Å². The molecule has 2 N–H and O–H groups in total. The number of halogens is 2. The van der Waals surface area contributed by atoms with Crippen LogP contribution < -0.4 is 10.6 Å². The maximum Gasteiger partial charge on any atom is 0.338 e. The molecule has 7 nitrogen and oxygen atoms in total. The number of esters is 1. The Balaban J connectivity index is 1.61. The van der Waals surface area contributed by atoms with Gasteiger partial charge in [0.25, 0.3) is 0 Å². The number of cyclic esters (lactones) is 1. The normalized spacial score (nSPS) is 18.3. The minimum absolute atomic E-state index is 0.129. The van der Waals surface area contributed by atoms with Crippen LogP contribution in [0.4, 0.5) is 14.9 Å². The first-order chi connectivity index (χ1) is 13.9. The molecule has 3 amide bonds. The summed E-state index contributed by atoms with van der Waals surface area (Å²) in [5.74, 6) is -1.63. The molecule has 0 aliphatic carbocycles. The molecule has 0 spiro atoms. The average Bonchev–Trinajstić information content (AvgIpc) is 3.06. The van der Waals surface area contributed by atoms with Gasteiger partial charge in [0.2, 0.25) is 5.91 Å². The Morgan fingerprint density at radius 1 is 1.24 bits per heavy atom. The molecule has 29 heavy (non-hydrogen) atoms. The van der Waals surface area contributed by atoms with E-state index in [1.54, 1.807) is 24.3 Å². The lowest BCUT2D eigenvalue weighted by atomic mass is 9.95. The summed E-state index contributed by atoms with van der Waals surface area (Å²) >= 11 is 6.23. The number of benzene rings is 2. The van der Waals surface area contributed by atoms with E-state index in [1.807, 2.05) is 0 Å². The highest BCUT2D eigenvalue weighted by atomic mass is 35.5. The van der Waals surface area contributed by atoms with Gasteiger partial charge >= 0.3 is 12.0 Å². The van der Waals surface area contributed by atoms with Gasteiger partial charge < -0.3 is 15.4 Å². The van der Waals surface area contributed by atoms with E-state index < -0.39 is 29.8 Å². The molecule has 1 unspecified atom stereocenters. The summed E-state index contributed by atoms with van der Waals surface area (Å²) in [6, 6.07) is 10.9.